The molecule has 0 aliphatic rings. The molecule has 1 rings (SSSR count). The van der Waals surface area contributed by atoms with Crippen molar-refractivity contribution < 1.29 is 18.0 Å². The molecule has 0 atom stereocenters. The van der Waals surface area contributed by atoms with Crippen molar-refractivity contribution in [2.45, 2.75) is 26.1 Å². The van der Waals surface area contributed by atoms with Crippen molar-refractivity contribution in [3.8, 4) is 0 Å². The standard InChI is InChI=1S/C13H17F3N2O/c1-2-6-17-9-12(19)18-8-10-4-3-5-11(7-10)13(14,15)16/h3-5,7,17H,2,6,8-9H2,1H3,(H,18,19). The smallest absolute Gasteiger partial charge is 0.351 e. The Morgan fingerprint density at radius 2 is 2.05 bits per heavy atom. The molecule has 0 fully saturated rings. The van der Waals surface area contributed by atoms with Crippen LogP contribution < -0.4 is 10.6 Å². The second-order valence-corrected chi connectivity index (χ2v) is 4.15. The minimum atomic E-state index is -4.36. The molecule has 0 aliphatic heterocycles. The van der Waals surface area contributed by atoms with Gasteiger partial charge in [-0.1, -0.05) is 19.1 Å². The first-order valence-electron chi connectivity index (χ1n) is 6.07. The molecule has 2 N–H and O–H groups in total. The minimum absolute atomic E-state index is 0.0938. The summed E-state index contributed by atoms with van der Waals surface area (Å²) in [6, 6.07) is 4.93. The Kier molecular flexibility index (Phi) is 5.82. The highest BCUT2D eigenvalue weighted by molar-refractivity contribution is 5.77. The van der Waals surface area contributed by atoms with Gasteiger partial charge in [-0.05, 0) is 30.7 Å². The highest BCUT2D eigenvalue weighted by Crippen LogP contribution is 2.29. The molecular weight excluding hydrogens is 257 g/mol. The van der Waals surface area contributed by atoms with Gasteiger partial charge in [-0.3, -0.25) is 4.79 Å². The molecule has 6 heteroatoms. The monoisotopic (exact) mass is 274 g/mol. The van der Waals surface area contributed by atoms with Gasteiger partial charge >= 0.3 is 6.18 Å². The van der Waals surface area contributed by atoms with Crippen LogP contribution in [0, 0.1) is 0 Å². The summed E-state index contributed by atoms with van der Waals surface area (Å²) in [5, 5.41) is 5.48. The van der Waals surface area contributed by atoms with Crippen LogP contribution in [-0.4, -0.2) is 19.0 Å². The molecule has 1 aromatic carbocycles. The number of rotatable bonds is 6. The second kappa shape index (κ2) is 7.13. The lowest BCUT2D eigenvalue weighted by Crippen LogP contribution is -2.33. The average molecular weight is 274 g/mol. The van der Waals surface area contributed by atoms with Gasteiger partial charge in [0.15, 0.2) is 0 Å². The number of carbonyl (C=O) groups is 1. The first-order valence-corrected chi connectivity index (χ1v) is 6.07. The van der Waals surface area contributed by atoms with Gasteiger partial charge in [0.25, 0.3) is 0 Å². The van der Waals surface area contributed by atoms with Crippen LogP contribution in [0.5, 0.6) is 0 Å². The molecule has 19 heavy (non-hydrogen) atoms. The fourth-order valence-electron chi connectivity index (χ4n) is 1.50. The summed E-state index contributed by atoms with van der Waals surface area (Å²) in [6.07, 6.45) is -3.44. The van der Waals surface area contributed by atoms with Crippen LogP contribution in [0.25, 0.3) is 0 Å². The van der Waals surface area contributed by atoms with Gasteiger partial charge in [0.1, 0.15) is 0 Å². The van der Waals surface area contributed by atoms with Crippen LogP contribution in [0.4, 0.5) is 13.2 Å². The number of halogens is 3. The lowest BCUT2D eigenvalue weighted by Gasteiger charge is -2.10. The van der Waals surface area contributed by atoms with Crippen molar-refractivity contribution in [1.29, 1.82) is 0 Å². The van der Waals surface area contributed by atoms with Crippen LogP contribution in [-0.2, 0) is 17.5 Å². The summed E-state index contributed by atoms with van der Waals surface area (Å²) in [7, 11) is 0. The molecule has 0 saturated heterocycles. The Balaban J connectivity index is 2.47. The van der Waals surface area contributed by atoms with E-state index in [2.05, 4.69) is 10.6 Å². The number of benzene rings is 1. The lowest BCUT2D eigenvalue weighted by molar-refractivity contribution is -0.137. The maximum atomic E-state index is 12.5. The van der Waals surface area contributed by atoms with Crippen LogP contribution >= 0.6 is 0 Å². The maximum absolute atomic E-state index is 12.5. The van der Waals surface area contributed by atoms with Gasteiger partial charge in [-0.15, -0.1) is 0 Å². The summed E-state index contributed by atoms with van der Waals surface area (Å²) in [6.45, 7) is 2.98. The van der Waals surface area contributed by atoms with E-state index in [0.717, 1.165) is 25.1 Å². The van der Waals surface area contributed by atoms with E-state index in [0.29, 0.717) is 5.56 Å². The van der Waals surface area contributed by atoms with E-state index in [4.69, 9.17) is 0 Å². The first kappa shape index (κ1) is 15.5. The fourth-order valence-corrected chi connectivity index (χ4v) is 1.50. The average Bonchev–Trinajstić information content (AvgIpc) is 2.36. The van der Waals surface area contributed by atoms with E-state index in [9.17, 15) is 18.0 Å². The first-order chi connectivity index (χ1) is 8.93. The number of nitrogens with one attached hydrogen (secondary N) is 2. The SMILES string of the molecule is CCCNCC(=O)NCc1cccc(C(F)(F)F)c1. The predicted octanol–water partition coefficient (Wildman–Crippen LogP) is 2.32. The Morgan fingerprint density at radius 3 is 2.68 bits per heavy atom. The molecule has 0 heterocycles. The van der Waals surface area contributed by atoms with Crippen molar-refractivity contribution >= 4 is 5.91 Å². The molecule has 106 valence electrons. The van der Waals surface area contributed by atoms with E-state index < -0.39 is 11.7 Å². The number of amides is 1. The molecule has 0 bridgehead atoms. The fraction of sp³-hybridized carbons (Fsp3) is 0.462. The summed E-state index contributed by atoms with van der Waals surface area (Å²) in [4.78, 5) is 11.4. The highest BCUT2D eigenvalue weighted by atomic mass is 19.4. The minimum Gasteiger partial charge on any atom is -0.351 e. The zero-order valence-electron chi connectivity index (χ0n) is 10.7. The van der Waals surface area contributed by atoms with Crippen molar-refractivity contribution in [2.75, 3.05) is 13.1 Å². The molecule has 0 radical (unpaired) electrons. The summed E-state index contributed by atoms with van der Waals surface area (Å²) in [5.74, 6) is -0.231. The van der Waals surface area contributed by atoms with Crippen molar-refractivity contribution in [3.63, 3.8) is 0 Å². The van der Waals surface area contributed by atoms with Gasteiger partial charge in [0.05, 0.1) is 12.1 Å². The van der Waals surface area contributed by atoms with Crippen LogP contribution in [0.15, 0.2) is 24.3 Å². The molecule has 1 amide bonds. The predicted molar refractivity (Wildman–Crippen MR) is 66.5 cm³/mol. The molecule has 0 spiro atoms. The Morgan fingerprint density at radius 1 is 1.32 bits per heavy atom. The van der Waals surface area contributed by atoms with Gasteiger partial charge in [0.2, 0.25) is 5.91 Å². The zero-order valence-corrected chi connectivity index (χ0v) is 10.7. The third-order valence-corrected chi connectivity index (χ3v) is 2.46. The number of hydrogen-bond donors (Lipinski definition) is 2. The van der Waals surface area contributed by atoms with Crippen molar-refractivity contribution in [2.24, 2.45) is 0 Å². The molecule has 1 aromatic rings. The number of alkyl halides is 3. The Hall–Kier alpha value is -1.56. The van der Waals surface area contributed by atoms with Gasteiger partial charge in [0, 0.05) is 6.54 Å². The Bertz CT molecular complexity index is 419. The third-order valence-electron chi connectivity index (χ3n) is 2.46. The third kappa shape index (κ3) is 5.74. The van der Waals surface area contributed by atoms with Crippen molar-refractivity contribution in [3.05, 3.63) is 35.4 Å². The van der Waals surface area contributed by atoms with Crippen molar-refractivity contribution in [1.82, 2.24) is 10.6 Å². The van der Waals surface area contributed by atoms with Gasteiger partial charge in [-0.2, -0.15) is 13.2 Å². The largest absolute Gasteiger partial charge is 0.416 e. The lowest BCUT2D eigenvalue weighted by atomic mass is 10.1. The molecule has 0 aliphatic carbocycles. The highest BCUT2D eigenvalue weighted by Gasteiger charge is 2.30. The van der Waals surface area contributed by atoms with Gasteiger partial charge < -0.3 is 10.6 Å². The number of hydrogen-bond acceptors (Lipinski definition) is 2. The van der Waals surface area contributed by atoms with E-state index in [-0.39, 0.29) is 19.0 Å². The molecule has 0 aromatic heterocycles. The molecule has 0 unspecified atom stereocenters. The molecule has 0 saturated carbocycles. The molecular formula is C13H17F3N2O. The quantitative estimate of drug-likeness (QED) is 0.782. The summed E-state index contributed by atoms with van der Waals surface area (Å²) < 4.78 is 37.4. The molecule has 3 nitrogen and oxygen atoms in total. The second-order valence-electron chi connectivity index (χ2n) is 4.15. The normalized spacial score (nSPS) is 11.4. The topological polar surface area (TPSA) is 41.1 Å². The summed E-state index contributed by atoms with van der Waals surface area (Å²) >= 11 is 0. The maximum Gasteiger partial charge on any atom is 0.416 e. The van der Waals surface area contributed by atoms with E-state index in [1.165, 1.54) is 6.07 Å². The van der Waals surface area contributed by atoms with E-state index in [1.807, 2.05) is 6.92 Å². The zero-order chi connectivity index (χ0) is 14.3. The van der Waals surface area contributed by atoms with E-state index in [1.54, 1.807) is 6.07 Å². The number of carbonyl (C=O) groups excluding carboxylic acids is 1. The van der Waals surface area contributed by atoms with Crippen LogP contribution in [0.3, 0.4) is 0 Å². The Labute approximate surface area is 110 Å². The van der Waals surface area contributed by atoms with Crippen LogP contribution in [0.2, 0.25) is 0 Å². The van der Waals surface area contributed by atoms with Gasteiger partial charge in [-0.25, -0.2) is 0 Å². The van der Waals surface area contributed by atoms with E-state index >= 15 is 0 Å². The van der Waals surface area contributed by atoms with Crippen LogP contribution in [0.1, 0.15) is 24.5 Å². The summed E-state index contributed by atoms with van der Waals surface area (Å²) in [5.41, 5.74) is -0.276.